The molecule has 0 amide bonds. The maximum atomic E-state index is 12.8. The van der Waals surface area contributed by atoms with Crippen LogP contribution in [0.1, 0.15) is 181 Å². The van der Waals surface area contributed by atoms with Crippen LogP contribution in [0.2, 0.25) is 0 Å². The van der Waals surface area contributed by atoms with Gasteiger partial charge in [0.15, 0.2) is 6.10 Å². The smallest absolute Gasteiger partial charge is 0.306 e. The lowest BCUT2D eigenvalue weighted by molar-refractivity contribution is -0.870. The predicted molar refractivity (Wildman–Crippen MR) is 350 cm³/mol. The minimum absolute atomic E-state index is 0.0585. The number of carbonyl (C=O) groups is 2. The quantitative estimate of drug-likeness (QED) is 0.0195. The summed E-state index contributed by atoms with van der Waals surface area (Å²) in [6.07, 6.45) is 96.0. The van der Waals surface area contributed by atoms with E-state index in [1.807, 2.05) is 21.1 Å². The zero-order valence-corrected chi connectivity index (χ0v) is 52.5. The van der Waals surface area contributed by atoms with Crippen molar-refractivity contribution in [2.75, 3.05) is 47.5 Å². The third kappa shape index (κ3) is 63.8. The molecule has 0 radical (unpaired) electrons. The number of carbonyl (C=O) groups excluding carboxylic acids is 2. The summed E-state index contributed by atoms with van der Waals surface area (Å²) in [5.41, 5.74) is 0. The molecular formula is C72H110NO8P. The van der Waals surface area contributed by atoms with Crippen LogP contribution in [0.25, 0.3) is 0 Å². The molecule has 0 aromatic heterocycles. The van der Waals surface area contributed by atoms with Gasteiger partial charge in [-0.15, -0.1) is 0 Å². The average molecular weight is 1150 g/mol. The number of hydrogen-bond acceptors (Lipinski definition) is 8. The number of likely N-dealkylation sites (N-methyl/N-ethyl adjacent to an activating group) is 1. The Balaban J connectivity index is 4.38. The number of phosphoric ester groups is 1. The number of quaternary nitrogens is 1. The molecule has 10 heteroatoms. The molecule has 0 N–H and O–H groups in total. The summed E-state index contributed by atoms with van der Waals surface area (Å²) in [7, 11) is 1.08. The Morgan fingerprint density at radius 2 is 0.659 bits per heavy atom. The highest BCUT2D eigenvalue weighted by Gasteiger charge is 2.21. The predicted octanol–water partition coefficient (Wildman–Crippen LogP) is 19.3. The van der Waals surface area contributed by atoms with Crippen LogP contribution in [0.5, 0.6) is 0 Å². The van der Waals surface area contributed by atoms with Gasteiger partial charge in [0.2, 0.25) is 0 Å². The number of hydrogen-bond donors (Lipinski definition) is 0. The van der Waals surface area contributed by atoms with E-state index in [9.17, 15) is 19.0 Å². The molecule has 0 aliphatic heterocycles. The highest BCUT2D eigenvalue weighted by Crippen LogP contribution is 2.38. The summed E-state index contributed by atoms with van der Waals surface area (Å²) in [6.45, 7) is 3.87. The molecule has 9 nitrogen and oxygen atoms in total. The second kappa shape index (κ2) is 60.2. The largest absolute Gasteiger partial charge is 0.756 e. The molecule has 0 spiro atoms. The van der Waals surface area contributed by atoms with E-state index < -0.39 is 32.5 Å². The minimum Gasteiger partial charge on any atom is -0.756 e. The summed E-state index contributed by atoms with van der Waals surface area (Å²) in [6, 6.07) is 0. The van der Waals surface area contributed by atoms with Crippen LogP contribution in [0.3, 0.4) is 0 Å². The lowest BCUT2D eigenvalue weighted by Gasteiger charge is -2.28. The number of unbranched alkanes of at least 4 members (excludes halogenated alkanes) is 5. The van der Waals surface area contributed by atoms with E-state index in [1.165, 1.54) is 0 Å². The van der Waals surface area contributed by atoms with E-state index in [2.05, 4.69) is 220 Å². The van der Waals surface area contributed by atoms with Crippen LogP contribution < -0.4 is 4.89 Å². The number of phosphoric acid groups is 1. The van der Waals surface area contributed by atoms with Crippen LogP contribution in [0.15, 0.2) is 207 Å². The average Bonchev–Trinajstić information content (AvgIpc) is 3.46. The molecule has 0 aliphatic carbocycles. The van der Waals surface area contributed by atoms with E-state index in [1.54, 1.807) is 0 Å². The molecule has 0 aliphatic rings. The fourth-order valence-corrected chi connectivity index (χ4v) is 7.86. The zero-order chi connectivity index (χ0) is 59.8. The second-order valence-electron chi connectivity index (χ2n) is 20.6. The molecule has 0 rings (SSSR count). The topological polar surface area (TPSA) is 111 Å². The normalized spacial score (nSPS) is 14.7. The van der Waals surface area contributed by atoms with Gasteiger partial charge in [-0.2, -0.15) is 0 Å². The molecule has 0 saturated carbocycles. The van der Waals surface area contributed by atoms with E-state index in [0.717, 1.165) is 141 Å². The summed E-state index contributed by atoms with van der Waals surface area (Å²) in [5, 5.41) is 0. The van der Waals surface area contributed by atoms with Crippen molar-refractivity contribution in [2.24, 2.45) is 0 Å². The molecule has 0 fully saturated rings. The van der Waals surface area contributed by atoms with E-state index in [0.29, 0.717) is 23.9 Å². The fraction of sp³-hybridized carbons (Fsp3) is 0.500. The molecule has 0 aromatic carbocycles. The van der Waals surface area contributed by atoms with Gasteiger partial charge in [0, 0.05) is 12.8 Å². The molecule has 2 atom stereocenters. The first kappa shape index (κ1) is 76.6. The number of nitrogens with zero attached hydrogens (tertiary/aromatic N) is 1. The molecule has 0 saturated heterocycles. The lowest BCUT2D eigenvalue weighted by atomic mass is 10.1. The Morgan fingerprint density at radius 1 is 0.378 bits per heavy atom. The van der Waals surface area contributed by atoms with Crippen molar-refractivity contribution in [3.05, 3.63) is 207 Å². The standard InChI is InChI=1S/C72H110NO8P/c1-6-8-10-12-14-16-18-20-22-24-26-28-30-32-34-35-36-37-39-41-43-45-47-49-51-53-55-57-59-61-63-65-72(75)81-70(69-80-82(76,77)79-67-66-73(3,4)5)68-78-71(74)64-62-60-58-56-54-52-50-48-46-44-42-40-38-33-31-29-27-25-23-21-19-17-15-13-11-9-7-2/h8-11,14-17,20-23,26-29,32-34,36-38,41-44,47-50,53-56,70H,6-7,12-13,18-19,24-25,30-31,35,39-40,45-46,51-52,57-69H2,1-5H3/b10-8-,11-9-,16-14-,17-15-,22-20-,23-21-,28-26-,29-27-,34-32-,37-36-,38-33-,43-41-,44-42-,49-47-,50-48-,55-53-,56-54-. The number of esters is 2. The van der Waals surface area contributed by atoms with Gasteiger partial charge in [-0.25, -0.2) is 0 Å². The summed E-state index contributed by atoms with van der Waals surface area (Å²) >= 11 is 0. The highest BCUT2D eigenvalue weighted by atomic mass is 31.2. The van der Waals surface area contributed by atoms with Gasteiger partial charge in [0.25, 0.3) is 7.82 Å². The Kier molecular flexibility index (Phi) is 56.2. The molecule has 0 heterocycles. The first-order valence-electron chi connectivity index (χ1n) is 30.8. The maximum absolute atomic E-state index is 12.8. The van der Waals surface area contributed by atoms with Crippen molar-refractivity contribution in [3.63, 3.8) is 0 Å². The van der Waals surface area contributed by atoms with Crippen LogP contribution in [-0.4, -0.2) is 70.0 Å². The molecule has 2 unspecified atom stereocenters. The molecule has 82 heavy (non-hydrogen) atoms. The van der Waals surface area contributed by atoms with E-state index in [-0.39, 0.29) is 26.1 Å². The second-order valence-corrected chi connectivity index (χ2v) is 22.0. The van der Waals surface area contributed by atoms with Gasteiger partial charge in [0.05, 0.1) is 27.7 Å². The van der Waals surface area contributed by atoms with E-state index in [4.69, 9.17) is 18.5 Å². The number of allylic oxidation sites excluding steroid dienone is 34. The van der Waals surface area contributed by atoms with Crippen LogP contribution in [0.4, 0.5) is 0 Å². The first-order chi connectivity index (χ1) is 40.0. The van der Waals surface area contributed by atoms with E-state index >= 15 is 0 Å². The molecule has 456 valence electrons. The maximum Gasteiger partial charge on any atom is 0.306 e. The number of rotatable bonds is 53. The van der Waals surface area contributed by atoms with Gasteiger partial charge < -0.3 is 27.9 Å². The molecule has 0 bridgehead atoms. The lowest BCUT2D eigenvalue weighted by Crippen LogP contribution is -2.37. The Hall–Kier alpha value is -5.41. The van der Waals surface area contributed by atoms with Crippen LogP contribution in [0, 0.1) is 0 Å². The Labute approximate surface area is 500 Å². The Bertz CT molecular complexity index is 2130. The monoisotopic (exact) mass is 1150 g/mol. The summed E-state index contributed by atoms with van der Waals surface area (Å²) < 4.78 is 34.1. The number of ether oxygens (including phenoxy) is 2. The summed E-state index contributed by atoms with van der Waals surface area (Å²) in [4.78, 5) is 37.9. The Morgan fingerprint density at radius 3 is 0.976 bits per heavy atom. The van der Waals surface area contributed by atoms with Gasteiger partial charge in [0.1, 0.15) is 19.8 Å². The van der Waals surface area contributed by atoms with Crippen molar-refractivity contribution in [3.8, 4) is 0 Å². The van der Waals surface area contributed by atoms with Gasteiger partial charge in [-0.05, 0) is 148 Å². The zero-order valence-electron chi connectivity index (χ0n) is 51.6. The molecule has 0 aromatic rings. The highest BCUT2D eigenvalue weighted by molar-refractivity contribution is 7.45. The third-order valence-corrected chi connectivity index (χ3v) is 12.8. The SMILES string of the molecule is CC/C=C\C/C=C\C/C=C\C/C=C\C/C=C\C/C=C\C/C=C\C/C=C\C/C=C\CCCCCC(=O)OC(COC(=O)CCCC/C=C\C/C=C\C/C=C\C/C=C\C/C=C\C/C=C\C/C=C\C/C=C\CC)COP(=O)([O-])OCC[N+](C)(C)C. The fourth-order valence-electron chi connectivity index (χ4n) is 7.13. The minimum atomic E-state index is -4.68. The third-order valence-electron chi connectivity index (χ3n) is 11.8. The van der Waals surface area contributed by atoms with Crippen molar-refractivity contribution in [1.82, 2.24) is 0 Å². The van der Waals surface area contributed by atoms with Crippen molar-refractivity contribution in [1.29, 1.82) is 0 Å². The van der Waals surface area contributed by atoms with Gasteiger partial charge >= 0.3 is 11.9 Å². The van der Waals surface area contributed by atoms with Crippen LogP contribution >= 0.6 is 7.82 Å². The van der Waals surface area contributed by atoms with Crippen molar-refractivity contribution < 1.29 is 42.1 Å². The van der Waals surface area contributed by atoms with Crippen molar-refractivity contribution >= 4 is 19.8 Å². The molecular weight excluding hydrogens is 1040 g/mol. The van der Waals surface area contributed by atoms with Crippen molar-refractivity contribution in [2.45, 2.75) is 187 Å². The van der Waals surface area contributed by atoms with Crippen LogP contribution in [-0.2, 0) is 32.7 Å². The van der Waals surface area contributed by atoms with Gasteiger partial charge in [-0.3, -0.25) is 14.2 Å². The van der Waals surface area contributed by atoms with Gasteiger partial charge in [-0.1, -0.05) is 227 Å². The summed E-state index contributed by atoms with van der Waals surface area (Å²) in [5.74, 6) is -0.946. The first-order valence-corrected chi connectivity index (χ1v) is 32.3.